The fourth-order valence-corrected chi connectivity index (χ4v) is 3.75. The SMILES string of the molecule is CCN1CCC(CCNC(=NC)N(C)Cc2ccc3c(c2)OCO3)CC1.I. The Bertz CT molecular complexity index is 618. The van der Waals surface area contributed by atoms with Crippen LogP contribution in [0.15, 0.2) is 23.2 Å². The average molecular weight is 488 g/mol. The lowest BCUT2D eigenvalue weighted by atomic mass is 9.93. The van der Waals surface area contributed by atoms with Crippen LogP contribution in [0.1, 0.15) is 31.7 Å². The second-order valence-electron chi connectivity index (χ2n) is 7.18. The topological polar surface area (TPSA) is 49.3 Å². The van der Waals surface area contributed by atoms with Crippen LogP contribution in [-0.2, 0) is 6.54 Å². The molecule has 0 unspecified atom stereocenters. The van der Waals surface area contributed by atoms with E-state index in [1.807, 2.05) is 19.2 Å². The van der Waals surface area contributed by atoms with E-state index in [1.54, 1.807) is 0 Å². The highest BCUT2D eigenvalue weighted by Gasteiger charge is 2.18. The van der Waals surface area contributed by atoms with Gasteiger partial charge in [-0.2, -0.15) is 0 Å². The van der Waals surface area contributed by atoms with Crippen LogP contribution >= 0.6 is 24.0 Å². The molecule has 1 N–H and O–H groups in total. The summed E-state index contributed by atoms with van der Waals surface area (Å²) < 4.78 is 10.8. The maximum absolute atomic E-state index is 5.47. The molecule has 0 amide bonds. The molecule has 0 saturated carbocycles. The Labute approximate surface area is 180 Å². The summed E-state index contributed by atoms with van der Waals surface area (Å²) in [5.74, 6) is 3.43. The van der Waals surface area contributed by atoms with Crippen LogP contribution in [0.3, 0.4) is 0 Å². The third-order valence-electron chi connectivity index (χ3n) is 5.42. The first kappa shape index (κ1) is 22.1. The molecule has 1 fully saturated rings. The Morgan fingerprint density at radius 3 is 2.70 bits per heavy atom. The molecule has 0 spiro atoms. The van der Waals surface area contributed by atoms with Crippen molar-refractivity contribution in [3.63, 3.8) is 0 Å². The van der Waals surface area contributed by atoms with Crippen LogP contribution < -0.4 is 14.8 Å². The third-order valence-corrected chi connectivity index (χ3v) is 5.42. The van der Waals surface area contributed by atoms with E-state index >= 15 is 0 Å². The van der Waals surface area contributed by atoms with Crippen LogP contribution in [-0.4, -0.2) is 62.8 Å². The number of hydrogen-bond acceptors (Lipinski definition) is 4. The molecule has 2 aliphatic heterocycles. The van der Waals surface area contributed by atoms with E-state index in [4.69, 9.17) is 9.47 Å². The molecule has 0 radical (unpaired) electrons. The number of guanidine groups is 1. The predicted octanol–water partition coefficient (Wildman–Crippen LogP) is 3.16. The first-order chi connectivity index (χ1) is 12.7. The Balaban J connectivity index is 0.00000261. The summed E-state index contributed by atoms with van der Waals surface area (Å²) in [6.07, 6.45) is 3.86. The predicted molar refractivity (Wildman–Crippen MR) is 120 cm³/mol. The van der Waals surface area contributed by atoms with Crippen LogP contribution in [0.5, 0.6) is 11.5 Å². The lowest BCUT2D eigenvalue weighted by molar-refractivity contribution is 0.174. The van der Waals surface area contributed by atoms with E-state index in [0.717, 1.165) is 36.5 Å². The monoisotopic (exact) mass is 488 g/mol. The van der Waals surface area contributed by atoms with Gasteiger partial charge in [0.15, 0.2) is 17.5 Å². The Morgan fingerprint density at radius 2 is 2.00 bits per heavy atom. The molecule has 1 aromatic carbocycles. The lowest BCUT2D eigenvalue weighted by Gasteiger charge is -2.31. The Hall–Kier alpha value is -1.22. The summed E-state index contributed by atoms with van der Waals surface area (Å²) in [6, 6.07) is 6.11. The molecule has 7 heteroatoms. The summed E-state index contributed by atoms with van der Waals surface area (Å²) in [5, 5.41) is 3.52. The number of ether oxygens (including phenoxy) is 2. The van der Waals surface area contributed by atoms with Gasteiger partial charge in [-0.1, -0.05) is 13.0 Å². The molecule has 2 aliphatic rings. The van der Waals surface area contributed by atoms with Gasteiger partial charge in [0.2, 0.25) is 6.79 Å². The molecule has 0 aliphatic carbocycles. The molecule has 1 saturated heterocycles. The maximum Gasteiger partial charge on any atom is 0.231 e. The van der Waals surface area contributed by atoms with Gasteiger partial charge >= 0.3 is 0 Å². The second kappa shape index (κ2) is 10.9. The van der Waals surface area contributed by atoms with Crippen molar-refractivity contribution >= 4 is 29.9 Å². The number of hydrogen-bond donors (Lipinski definition) is 1. The molecule has 2 heterocycles. The molecule has 152 valence electrons. The molecule has 0 bridgehead atoms. The van der Waals surface area contributed by atoms with Crippen molar-refractivity contribution < 1.29 is 9.47 Å². The number of nitrogens with one attached hydrogen (secondary N) is 1. The number of halogens is 1. The molecule has 3 rings (SSSR count). The number of fused-ring (bicyclic) bond motifs is 1. The van der Waals surface area contributed by atoms with Gasteiger partial charge in [0.05, 0.1) is 0 Å². The van der Waals surface area contributed by atoms with E-state index in [2.05, 4.69) is 40.1 Å². The van der Waals surface area contributed by atoms with Gasteiger partial charge in [-0.3, -0.25) is 4.99 Å². The van der Waals surface area contributed by atoms with Gasteiger partial charge in [-0.05, 0) is 62.5 Å². The van der Waals surface area contributed by atoms with Crippen LogP contribution in [0.25, 0.3) is 0 Å². The average Bonchev–Trinajstić information content (AvgIpc) is 3.13. The van der Waals surface area contributed by atoms with Gasteiger partial charge < -0.3 is 24.6 Å². The Morgan fingerprint density at radius 1 is 1.26 bits per heavy atom. The normalized spacial score (nSPS) is 17.5. The van der Waals surface area contributed by atoms with Crippen LogP contribution in [0.4, 0.5) is 0 Å². The van der Waals surface area contributed by atoms with Crippen LogP contribution in [0, 0.1) is 5.92 Å². The van der Waals surface area contributed by atoms with Gasteiger partial charge in [-0.15, -0.1) is 24.0 Å². The van der Waals surface area contributed by atoms with Crippen molar-refractivity contribution in [3.05, 3.63) is 23.8 Å². The summed E-state index contributed by atoms with van der Waals surface area (Å²) in [6.45, 7) is 8.01. The largest absolute Gasteiger partial charge is 0.454 e. The van der Waals surface area contributed by atoms with Crippen LogP contribution in [0.2, 0.25) is 0 Å². The van der Waals surface area contributed by atoms with Crippen molar-refractivity contribution in [2.75, 3.05) is 47.1 Å². The number of nitrogens with zero attached hydrogens (tertiary/aromatic N) is 3. The molecule has 27 heavy (non-hydrogen) atoms. The van der Waals surface area contributed by atoms with Crippen molar-refractivity contribution in [2.24, 2.45) is 10.9 Å². The zero-order chi connectivity index (χ0) is 18.4. The van der Waals surface area contributed by atoms with Crippen molar-refractivity contribution in [1.29, 1.82) is 0 Å². The number of benzene rings is 1. The number of likely N-dealkylation sites (tertiary alicyclic amines) is 1. The smallest absolute Gasteiger partial charge is 0.231 e. The third kappa shape index (κ3) is 6.14. The summed E-state index contributed by atoms with van der Waals surface area (Å²) in [7, 11) is 3.91. The quantitative estimate of drug-likeness (QED) is 0.379. The molecule has 0 aromatic heterocycles. The van der Waals surface area contributed by atoms with E-state index in [9.17, 15) is 0 Å². The summed E-state index contributed by atoms with van der Waals surface area (Å²) in [5.41, 5.74) is 1.19. The molecular formula is C20H33IN4O2. The standard InChI is InChI=1S/C20H32N4O2.HI/c1-4-24-11-8-16(9-12-24)7-10-22-20(21-2)23(3)14-17-5-6-18-19(13-17)26-15-25-18;/h5-6,13,16H,4,7-12,14-15H2,1-3H3,(H,21,22);1H. The fraction of sp³-hybridized carbons (Fsp3) is 0.650. The Kier molecular flexibility index (Phi) is 8.95. The van der Waals surface area contributed by atoms with E-state index in [1.165, 1.54) is 44.5 Å². The summed E-state index contributed by atoms with van der Waals surface area (Å²) in [4.78, 5) is 9.13. The number of rotatable bonds is 6. The van der Waals surface area contributed by atoms with Gasteiger partial charge in [0, 0.05) is 27.2 Å². The van der Waals surface area contributed by atoms with Gasteiger partial charge in [0.1, 0.15) is 0 Å². The van der Waals surface area contributed by atoms with Gasteiger partial charge in [0.25, 0.3) is 0 Å². The second-order valence-corrected chi connectivity index (χ2v) is 7.18. The molecule has 1 aromatic rings. The first-order valence-electron chi connectivity index (χ1n) is 9.72. The minimum Gasteiger partial charge on any atom is -0.454 e. The minimum absolute atomic E-state index is 0. The van der Waals surface area contributed by atoms with E-state index in [0.29, 0.717) is 6.79 Å². The summed E-state index contributed by atoms with van der Waals surface area (Å²) >= 11 is 0. The zero-order valence-corrected chi connectivity index (χ0v) is 19.1. The zero-order valence-electron chi connectivity index (χ0n) is 16.7. The van der Waals surface area contributed by atoms with E-state index < -0.39 is 0 Å². The number of aliphatic imine (C=N–C) groups is 1. The highest BCUT2D eigenvalue weighted by molar-refractivity contribution is 14.0. The van der Waals surface area contributed by atoms with Crippen molar-refractivity contribution in [1.82, 2.24) is 15.1 Å². The highest BCUT2D eigenvalue weighted by atomic mass is 127. The number of piperidine rings is 1. The van der Waals surface area contributed by atoms with Crippen molar-refractivity contribution in [3.8, 4) is 11.5 Å². The highest BCUT2D eigenvalue weighted by Crippen LogP contribution is 2.32. The molecule has 0 atom stereocenters. The molecule has 6 nitrogen and oxygen atoms in total. The lowest BCUT2D eigenvalue weighted by Crippen LogP contribution is -2.40. The van der Waals surface area contributed by atoms with Crippen molar-refractivity contribution in [2.45, 2.75) is 32.7 Å². The minimum atomic E-state index is 0. The fourth-order valence-electron chi connectivity index (χ4n) is 3.75. The molecular weight excluding hydrogens is 455 g/mol. The maximum atomic E-state index is 5.47. The van der Waals surface area contributed by atoms with Gasteiger partial charge in [-0.25, -0.2) is 0 Å². The van der Waals surface area contributed by atoms with E-state index in [-0.39, 0.29) is 24.0 Å². The first-order valence-corrected chi connectivity index (χ1v) is 9.72.